The molecule has 1 aromatic heterocycles. The number of nitrogens with zero attached hydrogens (tertiary/aromatic N) is 3. The second kappa shape index (κ2) is 4.86. The summed E-state index contributed by atoms with van der Waals surface area (Å²) < 4.78 is 0. The van der Waals surface area contributed by atoms with E-state index in [1.165, 1.54) is 0 Å². The van der Waals surface area contributed by atoms with Crippen LogP contribution < -0.4 is 15.5 Å². The minimum Gasteiger partial charge on any atom is -0.465 e. The van der Waals surface area contributed by atoms with Gasteiger partial charge in [0.2, 0.25) is 5.95 Å². The standard InChI is InChI=1S/C10H15N5O2/c1-11-9-12-4-2-8(14-9)15-5-3-7(6-15)13-10(16)17/h2,4,7,13H,3,5-6H2,1H3,(H,16,17)(H,11,12,14). The van der Waals surface area contributed by atoms with Crippen molar-refractivity contribution in [1.82, 2.24) is 15.3 Å². The number of anilines is 2. The molecular weight excluding hydrogens is 222 g/mol. The highest BCUT2D eigenvalue weighted by atomic mass is 16.4. The van der Waals surface area contributed by atoms with Gasteiger partial charge < -0.3 is 20.6 Å². The van der Waals surface area contributed by atoms with Gasteiger partial charge in [0, 0.05) is 26.3 Å². The lowest BCUT2D eigenvalue weighted by atomic mass is 10.3. The van der Waals surface area contributed by atoms with Crippen molar-refractivity contribution >= 4 is 17.9 Å². The van der Waals surface area contributed by atoms with Crippen molar-refractivity contribution in [2.45, 2.75) is 12.5 Å². The van der Waals surface area contributed by atoms with Crippen LogP contribution in [0, 0.1) is 0 Å². The highest BCUT2D eigenvalue weighted by Crippen LogP contribution is 2.18. The average Bonchev–Trinajstić information content (AvgIpc) is 2.77. The summed E-state index contributed by atoms with van der Waals surface area (Å²) in [7, 11) is 1.76. The molecule has 1 aliphatic rings. The van der Waals surface area contributed by atoms with Crippen LogP contribution in [0.3, 0.4) is 0 Å². The third kappa shape index (κ3) is 2.74. The van der Waals surface area contributed by atoms with Gasteiger partial charge in [-0.25, -0.2) is 9.78 Å². The van der Waals surface area contributed by atoms with E-state index in [1.807, 2.05) is 11.0 Å². The van der Waals surface area contributed by atoms with Gasteiger partial charge in [-0.05, 0) is 12.5 Å². The molecule has 1 saturated heterocycles. The van der Waals surface area contributed by atoms with Crippen LogP contribution in [-0.2, 0) is 0 Å². The molecule has 1 fully saturated rings. The summed E-state index contributed by atoms with van der Waals surface area (Å²) in [6.07, 6.45) is 1.51. The largest absolute Gasteiger partial charge is 0.465 e. The van der Waals surface area contributed by atoms with Crippen LogP contribution >= 0.6 is 0 Å². The van der Waals surface area contributed by atoms with E-state index in [4.69, 9.17) is 5.11 Å². The summed E-state index contributed by atoms with van der Waals surface area (Å²) in [5.41, 5.74) is 0. The summed E-state index contributed by atoms with van der Waals surface area (Å²) >= 11 is 0. The normalized spacial score (nSPS) is 19.1. The number of rotatable bonds is 3. The lowest BCUT2D eigenvalue weighted by Gasteiger charge is -2.17. The molecule has 1 amide bonds. The number of carboxylic acid groups (broad SMARTS) is 1. The van der Waals surface area contributed by atoms with Gasteiger partial charge in [0.05, 0.1) is 6.04 Å². The van der Waals surface area contributed by atoms with E-state index < -0.39 is 6.09 Å². The first-order valence-electron chi connectivity index (χ1n) is 5.44. The van der Waals surface area contributed by atoms with Crippen molar-refractivity contribution in [3.63, 3.8) is 0 Å². The van der Waals surface area contributed by atoms with E-state index in [1.54, 1.807) is 13.2 Å². The molecule has 1 atom stereocenters. The lowest BCUT2D eigenvalue weighted by Crippen LogP contribution is -2.36. The SMILES string of the molecule is CNc1nccc(N2CCC(NC(=O)O)C2)n1. The van der Waals surface area contributed by atoms with Crippen molar-refractivity contribution in [2.24, 2.45) is 0 Å². The van der Waals surface area contributed by atoms with Crippen LogP contribution in [-0.4, -0.2) is 47.3 Å². The summed E-state index contributed by atoms with van der Waals surface area (Å²) in [5, 5.41) is 14.0. The van der Waals surface area contributed by atoms with Crippen LogP contribution in [0.15, 0.2) is 12.3 Å². The Kier molecular flexibility index (Phi) is 3.27. The van der Waals surface area contributed by atoms with Gasteiger partial charge in [-0.2, -0.15) is 4.98 Å². The maximum atomic E-state index is 10.5. The van der Waals surface area contributed by atoms with Crippen molar-refractivity contribution in [3.8, 4) is 0 Å². The first-order chi connectivity index (χ1) is 8.19. The summed E-state index contributed by atoms with van der Waals surface area (Å²) in [5.74, 6) is 1.39. The molecule has 92 valence electrons. The Labute approximate surface area is 98.9 Å². The van der Waals surface area contributed by atoms with Gasteiger partial charge in [-0.3, -0.25) is 0 Å². The molecule has 3 N–H and O–H groups in total. The van der Waals surface area contributed by atoms with Crippen molar-refractivity contribution in [2.75, 3.05) is 30.4 Å². The van der Waals surface area contributed by atoms with Crippen LogP contribution in [0.25, 0.3) is 0 Å². The molecule has 2 rings (SSSR count). The van der Waals surface area contributed by atoms with Gasteiger partial charge in [0.15, 0.2) is 0 Å². The molecule has 1 aliphatic heterocycles. The van der Waals surface area contributed by atoms with E-state index in [0.29, 0.717) is 12.5 Å². The molecular formula is C10H15N5O2. The number of amides is 1. The van der Waals surface area contributed by atoms with E-state index in [0.717, 1.165) is 18.8 Å². The van der Waals surface area contributed by atoms with Crippen molar-refractivity contribution < 1.29 is 9.90 Å². The van der Waals surface area contributed by atoms with Crippen molar-refractivity contribution in [1.29, 1.82) is 0 Å². The molecule has 0 bridgehead atoms. The zero-order chi connectivity index (χ0) is 12.3. The number of hydrogen-bond acceptors (Lipinski definition) is 5. The minimum absolute atomic E-state index is 0.0273. The van der Waals surface area contributed by atoms with Crippen LogP contribution in [0.5, 0.6) is 0 Å². The Morgan fingerprint density at radius 1 is 1.65 bits per heavy atom. The Morgan fingerprint density at radius 3 is 3.18 bits per heavy atom. The summed E-state index contributed by atoms with van der Waals surface area (Å²) in [6.45, 7) is 1.44. The van der Waals surface area contributed by atoms with Crippen molar-refractivity contribution in [3.05, 3.63) is 12.3 Å². The molecule has 1 aromatic rings. The fourth-order valence-corrected chi connectivity index (χ4v) is 1.91. The van der Waals surface area contributed by atoms with Gasteiger partial charge in [-0.15, -0.1) is 0 Å². The molecule has 0 aromatic carbocycles. The van der Waals surface area contributed by atoms with E-state index in [2.05, 4.69) is 20.6 Å². The summed E-state index contributed by atoms with van der Waals surface area (Å²) in [4.78, 5) is 20.9. The Bertz CT molecular complexity index is 411. The fraction of sp³-hybridized carbons (Fsp3) is 0.500. The zero-order valence-electron chi connectivity index (χ0n) is 9.55. The number of nitrogens with one attached hydrogen (secondary N) is 2. The maximum absolute atomic E-state index is 10.5. The lowest BCUT2D eigenvalue weighted by molar-refractivity contribution is 0.191. The highest BCUT2D eigenvalue weighted by molar-refractivity contribution is 5.65. The Balaban J connectivity index is 2.01. The predicted molar refractivity (Wildman–Crippen MR) is 63.4 cm³/mol. The first-order valence-corrected chi connectivity index (χ1v) is 5.44. The molecule has 0 saturated carbocycles. The second-order valence-corrected chi connectivity index (χ2v) is 3.87. The fourth-order valence-electron chi connectivity index (χ4n) is 1.91. The molecule has 7 nitrogen and oxygen atoms in total. The smallest absolute Gasteiger partial charge is 0.404 e. The topological polar surface area (TPSA) is 90.4 Å². The number of carbonyl (C=O) groups is 1. The predicted octanol–water partition coefficient (Wildman–Crippen LogP) is 0.365. The minimum atomic E-state index is -0.976. The van der Waals surface area contributed by atoms with Gasteiger partial charge in [0.25, 0.3) is 0 Å². The van der Waals surface area contributed by atoms with E-state index >= 15 is 0 Å². The van der Waals surface area contributed by atoms with Crippen LogP contribution in [0.4, 0.5) is 16.6 Å². The van der Waals surface area contributed by atoms with E-state index in [9.17, 15) is 4.79 Å². The molecule has 1 unspecified atom stereocenters. The first kappa shape index (κ1) is 11.4. The number of aromatic nitrogens is 2. The van der Waals surface area contributed by atoms with E-state index in [-0.39, 0.29) is 6.04 Å². The molecule has 0 spiro atoms. The highest BCUT2D eigenvalue weighted by Gasteiger charge is 2.24. The Hall–Kier alpha value is -2.05. The summed E-state index contributed by atoms with van der Waals surface area (Å²) in [6, 6.07) is 1.80. The molecule has 2 heterocycles. The molecule has 17 heavy (non-hydrogen) atoms. The average molecular weight is 237 g/mol. The second-order valence-electron chi connectivity index (χ2n) is 3.87. The molecule has 0 radical (unpaired) electrons. The van der Waals surface area contributed by atoms with Gasteiger partial charge >= 0.3 is 6.09 Å². The molecule has 0 aliphatic carbocycles. The van der Waals surface area contributed by atoms with Crippen LogP contribution in [0.1, 0.15) is 6.42 Å². The van der Waals surface area contributed by atoms with Gasteiger partial charge in [0.1, 0.15) is 5.82 Å². The monoisotopic (exact) mass is 237 g/mol. The molecule has 7 heteroatoms. The zero-order valence-corrected chi connectivity index (χ0v) is 9.55. The third-order valence-corrected chi connectivity index (χ3v) is 2.70. The quantitative estimate of drug-likeness (QED) is 0.703. The van der Waals surface area contributed by atoms with Gasteiger partial charge in [-0.1, -0.05) is 0 Å². The maximum Gasteiger partial charge on any atom is 0.404 e. The third-order valence-electron chi connectivity index (χ3n) is 2.70. The van der Waals surface area contributed by atoms with Crippen LogP contribution in [0.2, 0.25) is 0 Å². The number of hydrogen-bond donors (Lipinski definition) is 3. The Morgan fingerprint density at radius 2 is 2.47 bits per heavy atom.